The SMILES string of the molecule is CCCCc1onc(N)c1C. The molecule has 1 heterocycles. The molecule has 0 aliphatic rings. The van der Waals surface area contributed by atoms with Crippen LogP contribution in [0.4, 0.5) is 5.82 Å². The molecule has 0 atom stereocenters. The van der Waals surface area contributed by atoms with Gasteiger partial charge in [0.15, 0.2) is 5.82 Å². The lowest BCUT2D eigenvalue weighted by molar-refractivity contribution is 0.381. The largest absolute Gasteiger partial charge is 0.381 e. The van der Waals surface area contributed by atoms with Crippen molar-refractivity contribution in [2.45, 2.75) is 33.1 Å². The molecule has 0 saturated heterocycles. The van der Waals surface area contributed by atoms with Gasteiger partial charge in [-0.15, -0.1) is 0 Å². The molecule has 0 unspecified atom stereocenters. The summed E-state index contributed by atoms with van der Waals surface area (Å²) in [5.41, 5.74) is 6.51. The first-order chi connectivity index (χ1) is 5.25. The summed E-state index contributed by atoms with van der Waals surface area (Å²) in [5, 5.41) is 3.67. The summed E-state index contributed by atoms with van der Waals surface area (Å²) in [6.45, 7) is 4.09. The van der Waals surface area contributed by atoms with Gasteiger partial charge in [-0.25, -0.2) is 0 Å². The number of hydrogen-bond donors (Lipinski definition) is 1. The van der Waals surface area contributed by atoms with Gasteiger partial charge < -0.3 is 10.3 Å². The number of nitrogens with two attached hydrogens (primary N) is 1. The maximum Gasteiger partial charge on any atom is 0.169 e. The lowest BCUT2D eigenvalue weighted by atomic mass is 10.1. The van der Waals surface area contributed by atoms with Gasteiger partial charge in [0.05, 0.1) is 0 Å². The lowest BCUT2D eigenvalue weighted by Gasteiger charge is -1.92. The summed E-state index contributed by atoms with van der Waals surface area (Å²) < 4.78 is 5.02. The van der Waals surface area contributed by atoms with E-state index < -0.39 is 0 Å². The van der Waals surface area contributed by atoms with Crippen molar-refractivity contribution in [3.8, 4) is 0 Å². The molecule has 0 radical (unpaired) electrons. The van der Waals surface area contributed by atoms with Crippen LogP contribution in [0.25, 0.3) is 0 Å². The molecule has 0 aromatic carbocycles. The lowest BCUT2D eigenvalue weighted by Crippen LogP contribution is -1.88. The fourth-order valence-corrected chi connectivity index (χ4v) is 0.955. The summed E-state index contributed by atoms with van der Waals surface area (Å²) in [5.74, 6) is 1.46. The average Bonchev–Trinajstić information content (AvgIpc) is 2.31. The fraction of sp³-hybridized carbons (Fsp3) is 0.625. The zero-order valence-corrected chi connectivity index (χ0v) is 7.05. The van der Waals surface area contributed by atoms with E-state index >= 15 is 0 Å². The van der Waals surface area contributed by atoms with Crippen molar-refractivity contribution in [1.29, 1.82) is 0 Å². The molecular weight excluding hydrogens is 140 g/mol. The maximum atomic E-state index is 5.51. The van der Waals surface area contributed by atoms with Gasteiger partial charge in [0.25, 0.3) is 0 Å². The van der Waals surface area contributed by atoms with Gasteiger partial charge in [-0.05, 0) is 13.3 Å². The molecule has 0 spiro atoms. The molecule has 0 fully saturated rings. The van der Waals surface area contributed by atoms with Crippen molar-refractivity contribution < 1.29 is 4.52 Å². The molecule has 1 aromatic heterocycles. The highest BCUT2D eigenvalue weighted by atomic mass is 16.5. The highest BCUT2D eigenvalue weighted by Gasteiger charge is 2.06. The summed E-state index contributed by atoms with van der Waals surface area (Å²) in [7, 11) is 0. The maximum absolute atomic E-state index is 5.51. The molecule has 1 aromatic rings. The van der Waals surface area contributed by atoms with Crippen LogP contribution in [0, 0.1) is 6.92 Å². The smallest absolute Gasteiger partial charge is 0.169 e. The first-order valence-corrected chi connectivity index (χ1v) is 3.96. The second kappa shape index (κ2) is 3.42. The third kappa shape index (κ3) is 1.73. The van der Waals surface area contributed by atoms with Crippen molar-refractivity contribution >= 4 is 5.82 Å². The topological polar surface area (TPSA) is 52.0 Å². The minimum absolute atomic E-state index is 0.524. The minimum atomic E-state index is 0.524. The first kappa shape index (κ1) is 8.11. The molecule has 1 rings (SSSR count). The molecule has 11 heavy (non-hydrogen) atoms. The van der Waals surface area contributed by atoms with Gasteiger partial charge in [0, 0.05) is 12.0 Å². The van der Waals surface area contributed by atoms with E-state index in [2.05, 4.69) is 12.1 Å². The van der Waals surface area contributed by atoms with Gasteiger partial charge in [0.1, 0.15) is 5.76 Å². The minimum Gasteiger partial charge on any atom is -0.381 e. The Labute approximate surface area is 66.6 Å². The van der Waals surface area contributed by atoms with E-state index in [9.17, 15) is 0 Å². The molecule has 0 bridgehead atoms. The van der Waals surface area contributed by atoms with Crippen molar-refractivity contribution in [1.82, 2.24) is 5.16 Å². The number of nitrogen functional groups attached to an aromatic ring is 1. The molecule has 3 nitrogen and oxygen atoms in total. The fourth-order valence-electron chi connectivity index (χ4n) is 0.955. The summed E-state index contributed by atoms with van der Waals surface area (Å²) in [6.07, 6.45) is 3.25. The second-order valence-electron chi connectivity index (χ2n) is 2.72. The molecule has 0 aliphatic carbocycles. The average molecular weight is 154 g/mol. The normalized spacial score (nSPS) is 10.4. The Morgan fingerprint density at radius 1 is 1.55 bits per heavy atom. The summed E-state index contributed by atoms with van der Waals surface area (Å²) >= 11 is 0. The number of aryl methyl sites for hydroxylation is 1. The molecule has 2 N–H and O–H groups in total. The van der Waals surface area contributed by atoms with Crippen LogP contribution in [0.3, 0.4) is 0 Å². The number of unbranched alkanes of at least 4 members (excludes halogenated alkanes) is 1. The molecule has 0 amide bonds. The number of nitrogens with zero attached hydrogens (tertiary/aromatic N) is 1. The Bertz CT molecular complexity index is 230. The van der Waals surface area contributed by atoms with Gasteiger partial charge in [0.2, 0.25) is 0 Å². The number of anilines is 1. The highest BCUT2D eigenvalue weighted by Crippen LogP contribution is 2.16. The standard InChI is InChI=1S/C8H14N2O/c1-3-4-5-7-6(2)8(9)10-11-7/h3-5H2,1-2H3,(H2,9,10). The van der Waals surface area contributed by atoms with Crippen LogP contribution in [-0.4, -0.2) is 5.16 Å². The van der Waals surface area contributed by atoms with Crippen LogP contribution < -0.4 is 5.73 Å². The third-order valence-electron chi connectivity index (χ3n) is 1.81. The number of hydrogen-bond acceptors (Lipinski definition) is 3. The van der Waals surface area contributed by atoms with E-state index in [-0.39, 0.29) is 0 Å². The van der Waals surface area contributed by atoms with Crippen LogP contribution in [0.1, 0.15) is 31.1 Å². The van der Waals surface area contributed by atoms with Gasteiger partial charge >= 0.3 is 0 Å². The zero-order valence-electron chi connectivity index (χ0n) is 7.05. The van der Waals surface area contributed by atoms with Crippen molar-refractivity contribution in [2.75, 3.05) is 5.73 Å². The van der Waals surface area contributed by atoms with E-state index in [1.54, 1.807) is 0 Å². The number of aromatic nitrogens is 1. The van der Waals surface area contributed by atoms with E-state index in [0.29, 0.717) is 5.82 Å². The quantitative estimate of drug-likeness (QED) is 0.723. The van der Waals surface area contributed by atoms with Crippen molar-refractivity contribution in [2.24, 2.45) is 0 Å². The van der Waals surface area contributed by atoms with E-state index in [4.69, 9.17) is 10.3 Å². The predicted octanol–water partition coefficient (Wildman–Crippen LogP) is 1.91. The molecule has 0 aliphatic heterocycles. The highest BCUT2D eigenvalue weighted by molar-refractivity contribution is 5.38. The van der Waals surface area contributed by atoms with Gasteiger partial charge in [-0.2, -0.15) is 0 Å². The van der Waals surface area contributed by atoms with Crippen LogP contribution >= 0.6 is 0 Å². The van der Waals surface area contributed by atoms with Gasteiger partial charge in [-0.1, -0.05) is 18.5 Å². The Morgan fingerprint density at radius 3 is 2.73 bits per heavy atom. The Hall–Kier alpha value is -0.990. The zero-order chi connectivity index (χ0) is 8.27. The molecular formula is C8H14N2O. The molecule has 62 valence electrons. The monoisotopic (exact) mass is 154 g/mol. The van der Waals surface area contributed by atoms with Crippen LogP contribution in [0.2, 0.25) is 0 Å². The van der Waals surface area contributed by atoms with E-state index in [0.717, 1.165) is 24.2 Å². The van der Waals surface area contributed by atoms with Crippen LogP contribution in [-0.2, 0) is 6.42 Å². The first-order valence-electron chi connectivity index (χ1n) is 3.96. The second-order valence-corrected chi connectivity index (χ2v) is 2.72. The van der Waals surface area contributed by atoms with Crippen molar-refractivity contribution in [3.05, 3.63) is 11.3 Å². The molecule has 3 heteroatoms. The summed E-state index contributed by atoms with van der Waals surface area (Å²) in [4.78, 5) is 0. The van der Waals surface area contributed by atoms with E-state index in [1.165, 1.54) is 6.42 Å². The molecule has 0 saturated carbocycles. The number of rotatable bonds is 3. The Kier molecular flexibility index (Phi) is 2.52. The summed E-state index contributed by atoms with van der Waals surface area (Å²) in [6, 6.07) is 0. The Morgan fingerprint density at radius 2 is 2.27 bits per heavy atom. The third-order valence-corrected chi connectivity index (χ3v) is 1.81. The Balaban J connectivity index is 2.63. The van der Waals surface area contributed by atoms with Crippen LogP contribution in [0.15, 0.2) is 4.52 Å². The van der Waals surface area contributed by atoms with Gasteiger partial charge in [-0.3, -0.25) is 0 Å². The van der Waals surface area contributed by atoms with Crippen molar-refractivity contribution in [3.63, 3.8) is 0 Å². The van der Waals surface area contributed by atoms with Crippen LogP contribution in [0.5, 0.6) is 0 Å². The van der Waals surface area contributed by atoms with E-state index in [1.807, 2.05) is 6.92 Å². The predicted molar refractivity (Wildman–Crippen MR) is 44.3 cm³/mol.